The highest BCUT2D eigenvalue weighted by Crippen LogP contribution is 2.13. The monoisotopic (exact) mass is 290 g/mol. The van der Waals surface area contributed by atoms with Crippen molar-refractivity contribution in [1.82, 2.24) is 9.88 Å². The Balaban J connectivity index is 2.24. The quantitative estimate of drug-likeness (QED) is 0.866. The molecule has 0 bridgehead atoms. The largest absolute Gasteiger partial charge is 0.337 e. The van der Waals surface area contributed by atoms with Gasteiger partial charge in [0.25, 0.3) is 5.91 Å². The number of nitrogens with zero attached hydrogens (tertiary/aromatic N) is 2. The Morgan fingerprint density at radius 2 is 2.00 bits per heavy atom. The molecule has 2 aromatic rings. The fourth-order valence-corrected chi connectivity index (χ4v) is 2.92. The minimum atomic E-state index is -0.926. The highest BCUT2D eigenvalue weighted by Gasteiger charge is 2.19. The lowest BCUT2D eigenvalue weighted by Crippen LogP contribution is -2.38. The molecule has 0 aliphatic carbocycles. The number of carbonyl (C=O) groups excluding carboxylic acids is 1. The van der Waals surface area contributed by atoms with Gasteiger partial charge >= 0.3 is 0 Å². The number of benzene rings is 1. The van der Waals surface area contributed by atoms with Crippen molar-refractivity contribution in [2.75, 3.05) is 19.1 Å². The van der Waals surface area contributed by atoms with Gasteiger partial charge in [-0.15, -0.1) is 0 Å². The average Bonchev–Trinajstić information content (AvgIpc) is 2.44. The molecule has 0 aliphatic heterocycles. The van der Waals surface area contributed by atoms with E-state index >= 15 is 0 Å². The van der Waals surface area contributed by atoms with Gasteiger partial charge in [-0.1, -0.05) is 24.3 Å². The number of hydrogen-bond donors (Lipinski definition) is 0. The summed E-state index contributed by atoms with van der Waals surface area (Å²) in [6.45, 7) is 1.89. The highest BCUT2D eigenvalue weighted by molar-refractivity contribution is 7.84. The van der Waals surface area contributed by atoms with Crippen LogP contribution in [0.2, 0.25) is 0 Å². The lowest BCUT2D eigenvalue weighted by Gasteiger charge is -2.23. The first kappa shape index (κ1) is 14.7. The zero-order valence-electron chi connectivity index (χ0n) is 11.9. The van der Waals surface area contributed by atoms with E-state index in [2.05, 4.69) is 4.98 Å². The van der Waals surface area contributed by atoms with E-state index in [0.717, 1.165) is 10.9 Å². The Bertz CT molecular complexity index is 657. The molecule has 1 amide bonds. The third-order valence-corrected chi connectivity index (χ3v) is 4.23. The van der Waals surface area contributed by atoms with Crippen molar-refractivity contribution < 1.29 is 9.00 Å². The van der Waals surface area contributed by atoms with Crippen molar-refractivity contribution in [1.29, 1.82) is 0 Å². The molecule has 20 heavy (non-hydrogen) atoms. The van der Waals surface area contributed by atoms with Crippen LogP contribution in [0.4, 0.5) is 0 Å². The van der Waals surface area contributed by atoms with Crippen LogP contribution in [0.15, 0.2) is 36.4 Å². The molecule has 1 aromatic carbocycles. The molecule has 0 fully saturated rings. The van der Waals surface area contributed by atoms with E-state index in [-0.39, 0.29) is 11.9 Å². The Labute approximate surface area is 121 Å². The lowest BCUT2D eigenvalue weighted by molar-refractivity contribution is 0.0751. The van der Waals surface area contributed by atoms with Gasteiger partial charge in [0.15, 0.2) is 0 Å². The molecule has 0 spiro atoms. The van der Waals surface area contributed by atoms with Crippen LogP contribution in [0.3, 0.4) is 0 Å². The number of carbonyl (C=O) groups is 1. The Morgan fingerprint density at radius 3 is 2.70 bits per heavy atom. The average molecular weight is 290 g/mol. The molecule has 2 atom stereocenters. The van der Waals surface area contributed by atoms with Crippen molar-refractivity contribution in [2.24, 2.45) is 0 Å². The number of hydrogen-bond acceptors (Lipinski definition) is 3. The van der Waals surface area contributed by atoms with Crippen LogP contribution < -0.4 is 0 Å². The van der Waals surface area contributed by atoms with Gasteiger partial charge in [0, 0.05) is 41.3 Å². The molecule has 5 heteroatoms. The Morgan fingerprint density at radius 1 is 1.30 bits per heavy atom. The maximum absolute atomic E-state index is 12.4. The van der Waals surface area contributed by atoms with Crippen molar-refractivity contribution >= 4 is 27.6 Å². The molecular weight excluding hydrogens is 272 g/mol. The van der Waals surface area contributed by atoms with Crippen LogP contribution in [-0.4, -0.2) is 45.1 Å². The first-order valence-corrected chi connectivity index (χ1v) is 8.14. The zero-order valence-corrected chi connectivity index (χ0v) is 12.7. The molecule has 0 radical (unpaired) electrons. The van der Waals surface area contributed by atoms with Gasteiger partial charge in [0.2, 0.25) is 0 Å². The fraction of sp³-hybridized carbons (Fsp3) is 0.333. The molecule has 0 saturated heterocycles. The summed E-state index contributed by atoms with van der Waals surface area (Å²) in [5, 5.41) is 1.01. The molecule has 106 valence electrons. The molecular formula is C15H18N2O2S. The minimum Gasteiger partial charge on any atom is -0.337 e. The predicted molar refractivity (Wildman–Crippen MR) is 82.2 cm³/mol. The number of para-hydroxylation sites is 1. The van der Waals surface area contributed by atoms with Crippen molar-refractivity contribution in [3.63, 3.8) is 0 Å². The first-order valence-electron chi connectivity index (χ1n) is 6.42. The van der Waals surface area contributed by atoms with Crippen molar-refractivity contribution in [2.45, 2.75) is 13.0 Å². The van der Waals surface area contributed by atoms with E-state index in [1.807, 2.05) is 37.3 Å². The number of fused-ring (bicyclic) bond motifs is 1. The molecule has 0 aliphatic rings. The maximum Gasteiger partial charge on any atom is 0.272 e. The number of aromatic nitrogens is 1. The van der Waals surface area contributed by atoms with Crippen molar-refractivity contribution in [3.8, 4) is 0 Å². The van der Waals surface area contributed by atoms with Gasteiger partial charge < -0.3 is 4.90 Å². The van der Waals surface area contributed by atoms with Crippen LogP contribution >= 0.6 is 0 Å². The maximum atomic E-state index is 12.4. The second kappa shape index (κ2) is 6.13. The lowest BCUT2D eigenvalue weighted by atomic mass is 10.2. The summed E-state index contributed by atoms with van der Waals surface area (Å²) >= 11 is 0. The molecule has 2 rings (SSSR count). The van der Waals surface area contributed by atoms with Gasteiger partial charge in [-0.05, 0) is 19.1 Å². The third-order valence-electron chi connectivity index (χ3n) is 3.27. The van der Waals surface area contributed by atoms with Crippen LogP contribution in [0.5, 0.6) is 0 Å². The first-order chi connectivity index (χ1) is 9.49. The van der Waals surface area contributed by atoms with E-state index in [1.54, 1.807) is 24.3 Å². The normalized spacial score (nSPS) is 13.9. The summed E-state index contributed by atoms with van der Waals surface area (Å²) < 4.78 is 11.3. The van der Waals surface area contributed by atoms with Gasteiger partial charge in [-0.25, -0.2) is 4.98 Å². The Hall–Kier alpha value is -1.75. The highest BCUT2D eigenvalue weighted by atomic mass is 32.2. The predicted octanol–water partition coefficient (Wildman–Crippen LogP) is 2.07. The summed E-state index contributed by atoms with van der Waals surface area (Å²) in [7, 11) is 0.793. The standard InChI is InChI=1S/C15H18N2O2S/c1-11(10-20(3)19)17(2)15(18)14-9-8-12-6-4-5-7-13(12)16-14/h4-9,11H,10H2,1-3H3/t11-,20+/m0/s1. The van der Waals surface area contributed by atoms with Gasteiger partial charge in [-0.2, -0.15) is 0 Å². The fourth-order valence-electron chi connectivity index (χ4n) is 2.02. The molecule has 4 nitrogen and oxygen atoms in total. The molecule has 1 heterocycles. The van der Waals surface area contributed by atoms with E-state index in [0.29, 0.717) is 11.4 Å². The smallest absolute Gasteiger partial charge is 0.272 e. The minimum absolute atomic E-state index is 0.0818. The Kier molecular flexibility index (Phi) is 4.49. The summed E-state index contributed by atoms with van der Waals surface area (Å²) in [6, 6.07) is 11.2. The van der Waals surface area contributed by atoms with E-state index in [4.69, 9.17) is 0 Å². The topological polar surface area (TPSA) is 50.3 Å². The second-order valence-corrected chi connectivity index (χ2v) is 6.37. The van der Waals surface area contributed by atoms with E-state index < -0.39 is 10.8 Å². The van der Waals surface area contributed by atoms with Crippen LogP contribution in [0.1, 0.15) is 17.4 Å². The van der Waals surface area contributed by atoms with E-state index in [1.165, 1.54) is 0 Å². The molecule has 0 unspecified atom stereocenters. The van der Waals surface area contributed by atoms with Crippen molar-refractivity contribution in [3.05, 3.63) is 42.1 Å². The SMILES string of the molecule is C[C@@H](C[S@@](C)=O)N(C)C(=O)c1ccc2ccccc2n1. The summed E-state index contributed by atoms with van der Waals surface area (Å²) in [5.74, 6) is 0.323. The number of rotatable bonds is 4. The molecule has 0 saturated carbocycles. The van der Waals surface area contributed by atoms with Gasteiger partial charge in [-0.3, -0.25) is 9.00 Å². The number of amides is 1. The van der Waals surface area contributed by atoms with Crippen LogP contribution in [0, 0.1) is 0 Å². The molecule has 1 aromatic heterocycles. The van der Waals surface area contributed by atoms with Crippen LogP contribution in [0.25, 0.3) is 10.9 Å². The second-order valence-electron chi connectivity index (χ2n) is 4.89. The van der Waals surface area contributed by atoms with Gasteiger partial charge in [0.05, 0.1) is 5.52 Å². The summed E-state index contributed by atoms with van der Waals surface area (Å²) in [6.07, 6.45) is 1.64. The summed E-state index contributed by atoms with van der Waals surface area (Å²) in [5.41, 5.74) is 1.22. The number of pyridine rings is 1. The molecule has 0 N–H and O–H groups in total. The van der Waals surface area contributed by atoms with E-state index in [9.17, 15) is 9.00 Å². The van der Waals surface area contributed by atoms with Gasteiger partial charge in [0.1, 0.15) is 5.69 Å². The summed E-state index contributed by atoms with van der Waals surface area (Å²) in [4.78, 5) is 18.4. The zero-order chi connectivity index (χ0) is 14.7. The third kappa shape index (κ3) is 3.22. The van der Waals surface area contributed by atoms with Crippen LogP contribution in [-0.2, 0) is 10.8 Å².